The van der Waals surface area contributed by atoms with Crippen molar-refractivity contribution in [3.63, 3.8) is 0 Å². The largest absolute Gasteiger partial charge is 0.481 e. The van der Waals surface area contributed by atoms with Crippen LogP contribution in [0.5, 0.6) is 0 Å². The van der Waals surface area contributed by atoms with E-state index in [-0.39, 0.29) is 12.8 Å². The first-order valence-corrected chi connectivity index (χ1v) is 3.38. The van der Waals surface area contributed by atoms with Crippen molar-refractivity contribution in [3.05, 3.63) is 0 Å². The van der Waals surface area contributed by atoms with Crippen LogP contribution in [0.1, 0.15) is 12.8 Å². The van der Waals surface area contributed by atoms with Gasteiger partial charge in [-0.2, -0.15) is 0 Å². The number of hydroxylamine groups is 1. The molecule has 0 aromatic heterocycles. The fraction of sp³-hybridized carbons (Fsp3) is 0.667. The van der Waals surface area contributed by atoms with E-state index in [1.807, 2.05) is 5.48 Å². The number of aliphatic carboxylic acids is 1. The van der Waals surface area contributed by atoms with Crippen LogP contribution < -0.4 is 11.2 Å². The summed E-state index contributed by atoms with van der Waals surface area (Å²) < 4.78 is 0. The Labute approximate surface area is 69.6 Å². The van der Waals surface area contributed by atoms with Crippen LogP contribution in [0.3, 0.4) is 0 Å². The number of nitrogens with two attached hydrogens (primary N) is 1. The van der Waals surface area contributed by atoms with E-state index in [4.69, 9.17) is 10.8 Å². The minimum absolute atomic E-state index is 0.102. The Morgan fingerprint density at radius 3 is 2.67 bits per heavy atom. The van der Waals surface area contributed by atoms with Crippen molar-refractivity contribution < 1.29 is 19.5 Å². The summed E-state index contributed by atoms with van der Waals surface area (Å²) >= 11 is 0. The van der Waals surface area contributed by atoms with Gasteiger partial charge < -0.3 is 10.8 Å². The molecule has 6 nitrogen and oxygen atoms in total. The van der Waals surface area contributed by atoms with Gasteiger partial charge in [0.05, 0.1) is 13.2 Å². The summed E-state index contributed by atoms with van der Waals surface area (Å²) in [7, 11) is 1.28. The Morgan fingerprint density at radius 1 is 1.67 bits per heavy atom. The van der Waals surface area contributed by atoms with Gasteiger partial charge in [-0.15, -0.1) is 0 Å². The highest BCUT2D eigenvalue weighted by molar-refractivity contribution is 5.81. The Kier molecular flexibility index (Phi) is 4.98. The molecule has 70 valence electrons. The number of amides is 1. The van der Waals surface area contributed by atoms with Gasteiger partial charge in [0.25, 0.3) is 5.91 Å². The third kappa shape index (κ3) is 4.64. The van der Waals surface area contributed by atoms with Crippen molar-refractivity contribution in [1.29, 1.82) is 0 Å². The van der Waals surface area contributed by atoms with Crippen LogP contribution in [-0.2, 0) is 14.4 Å². The van der Waals surface area contributed by atoms with Crippen LogP contribution in [0, 0.1) is 0 Å². The number of carboxylic acids is 1. The molecule has 0 aromatic carbocycles. The predicted octanol–water partition coefficient (Wildman–Crippen LogP) is -1.14. The van der Waals surface area contributed by atoms with Crippen LogP contribution in [-0.4, -0.2) is 30.1 Å². The number of hydrogen-bond donors (Lipinski definition) is 3. The van der Waals surface area contributed by atoms with E-state index in [0.717, 1.165) is 0 Å². The topological polar surface area (TPSA) is 102 Å². The molecular weight excluding hydrogens is 164 g/mol. The second-order valence-electron chi connectivity index (χ2n) is 2.21. The Morgan fingerprint density at radius 2 is 2.25 bits per heavy atom. The molecule has 1 amide bonds. The highest BCUT2D eigenvalue weighted by Crippen LogP contribution is 1.94. The molecule has 0 saturated carbocycles. The summed E-state index contributed by atoms with van der Waals surface area (Å²) in [6, 6.07) is -0.832. The molecule has 0 aliphatic carbocycles. The van der Waals surface area contributed by atoms with Crippen LogP contribution in [0.25, 0.3) is 0 Å². The first-order valence-electron chi connectivity index (χ1n) is 3.38. The molecule has 4 N–H and O–H groups in total. The van der Waals surface area contributed by atoms with E-state index < -0.39 is 17.9 Å². The third-order valence-electron chi connectivity index (χ3n) is 1.21. The lowest BCUT2D eigenvalue weighted by molar-refractivity contribution is -0.137. The zero-order valence-electron chi connectivity index (χ0n) is 6.74. The Bertz CT molecular complexity index is 171. The Balaban J connectivity index is 3.63. The van der Waals surface area contributed by atoms with Crippen molar-refractivity contribution in [2.45, 2.75) is 18.9 Å². The van der Waals surface area contributed by atoms with Gasteiger partial charge >= 0.3 is 5.97 Å². The maximum Gasteiger partial charge on any atom is 0.303 e. The zero-order valence-corrected chi connectivity index (χ0v) is 6.74. The molecule has 1 unspecified atom stereocenters. The molecule has 0 rings (SSSR count). The van der Waals surface area contributed by atoms with Gasteiger partial charge in [0.2, 0.25) is 0 Å². The summed E-state index contributed by atoms with van der Waals surface area (Å²) in [5, 5.41) is 8.26. The molecule has 0 aliphatic rings. The van der Waals surface area contributed by atoms with Crippen molar-refractivity contribution in [1.82, 2.24) is 5.48 Å². The summed E-state index contributed by atoms with van der Waals surface area (Å²) in [6.45, 7) is 0. The first kappa shape index (κ1) is 10.9. The molecular formula is C6H12N2O4. The molecule has 6 heteroatoms. The van der Waals surface area contributed by atoms with Gasteiger partial charge in [-0.1, -0.05) is 0 Å². The summed E-state index contributed by atoms with van der Waals surface area (Å²) in [6.07, 6.45) is -0.0250. The van der Waals surface area contributed by atoms with Crippen LogP contribution in [0.15, 0.2) is 0 Å². The first-order chi connectivity index (χ1) is 5.57. The fourth-order valence-corrected chi connectivity index (χ4v) is 0.586. The summed E-state index contributed by atoms with van der Waals surface area (Å²) in [5.41, 5.74) is 7.31. The third-order valence-corrected chi connectivity index (χ3v) is 1.21. The highest BCUT2D eigenvalue weighted by atomic mass is 16.6. The van der Waals surface area contributed by atoms with Crippen molar-refractivity contribution in [3.8, 4) is 0 Å². The molecule has 0 fully saturated rings. The van der Waals surface area contributed by atoms with E-state index in [1.165, 1.54) is 7.11 Å². The van der Waals surface area contributed by atoms with E-state index in [1.54, 1.807) is 0 Å². The quantitative estimate of drug-likeness (QED) is 0.459. The molecule has 12 heavy (non-hydrogen) atoms. The normalized spacial score (nSPS) is 12.2. The maximum atomic E-state index is 10.8. The van der Waals surface area contributed by atoms with Gasteiger partial charge in [-0.3, -0.25) is 14.4 Å². The van der Waals surface area contributed by atoms with Gasteiger partial charge in [-0.05, 0) is 6.42 Å². The maximum absolute atomic E-state index is 10.8. The molecule has 0 bridgehead atoms. The smallest absolute Gasteiger partial charge is 0.303 e. The van der Waals surface area contributed by atoms with Crippen molar-refractivity contribution in [2.75, 3.05) is 7.11 Å². The number of nitrogens with one attached hydrogen (secondary N) is 1. The molecule has 0 radical (unpaired) electrons. The van der Waals surface area contributed by atoms with Crippen LogP contribution in [0.2, 0.25) is 0 Å². The second kappa shape index (κ2) is 5.50. The van der Waals surface area contributed by atoms with Gasteiger partial charge in [-0.25, -0.2) is 5.48 Å². The number of rotatable bonds is 5. The fourth-order valence-electron chi connectivity index (χ4n) is 0.586. The predicted molar refractivity (Wildman–Crippen MR) is 40.0 cm³/mol. The van der Waals surface area contributed by atoms with Gasteiger partial charge in [0.15, 0.2) is 0 Å². The van der Waals surface area contributed by atoms with Gasteiger partial charge in [0, 0.05) is 6.42 Å². The van der Waals surface area contributed by atoms with E-state index in [0.29, 0.717) is 0 Å². The standard InChI is InChI=1S/C6H12N2O4/c1-12-8-6(11)4(7)2-3-5(9)10/h4H,2-3,7H2,1H3,(H,8,11)(H,9,10). The summed E-state index contributed by atoms with van der Waals surface area (Å²) in [4.78, 5) is 25.2. The van der Waals surface area contributed by atoms with Crippen molar-refractivity contribution >= 4 is 11.9 Å². The molecule has 1 atom stereocenters. The Hall–Kier alpha value is -1.14. The van der Waals surface area contributed by atoms with Gasteiger partial charge in [0.1, 0.15) is 0 Å². The molecule has 0 aliphatic heterocycles. The average Bonchev–Trinajstić information content (AvgIpc) is 2.00. The lowest BCUT2D eigenvalue weighted by Gasteiger charge is -2.08. The summed E-state index contributed by atoms with van der Waals surface area (Å²) in [5.74, 6) is -1.49. The molecule has 0 saturated heterocycles. The van der Waals surface area contributed by atoms with Crippen molar-refractivity contribution in [2.24, 2.45) is 5.73 Å². The number of hydrogen-bond acceptors (Lipinski definition) is 4. The zero-order chi connectivity index (χ0) is 9.56. The molecule has 0 heterocycles. The average molecular weight is 176 g/mol. The monoisotopic (exact) mass is 176 g/mol. The second-order valence-corrected chi connectivity index (χ2v) is 2.21. The van der Waals surface area contributed by atoms with Crippen LogP contribution >= 0.6 is 0 Å². The SMILES string of the molecule is CONC(=O)C(N)CCC(=O)O. The number of carbonyl (C=O) groups is 2. The lowest BCUT2D eigenvalue weighted by atomic mass is 10.1. The molecule has 0 spiro atoms. The van der Waals surface area contributed by atoms with E-state index in [9.17, 15) is 9.59 Å². The van der Waals surface area contributed by atoms with E-state index >= 15 is 0 Å². The highest BCUT2D eigenvalue weighted by Gasteiger charge is 2.13. The lowest BCUT2D eigenvalue weighted by Crippen LogP contribution is -2.40. The number of carboxylic acid groups (broad SMARTS) is 1. The van der Waals surface area contributed by atoms with E-state index in [2.05, 4.69) is 4.84 Å². The minimum Gasteiger partial charge on any atom is -0.481 e. The van der Waals surface area contributed by atoms with Crippen LogP contribution in [0.4, 0.5) is 0 Å². The minimum atomic E-state index is -0.976. The number of carbonyl (C=O) groups excluding carboxylic acids is 1. The molecule has 0 aromatic rings.